The molecule has 2 rings (SSSR count). The van der Waals surface area contributed by atoms with Crippen LogP contribution in [0, 0.1) is 0 Å². The number of likely N-dealkylation sites (tertiary alicyclic amines) is 1. The van der Waals surface area contributed by atoms with Gasteiger partial charge in [0.05, 0.1) is 13.2 Å². The van der Waals surface area contributed by atoms with E-state index < -0.39 is 0 Å². The molecule has 1 fully saturated rings. The van der Waals surface area contributed by atoms with E-state index >= 15 is 0 Å². The molecule has 1 aromatic rings. The maximum absolute atomic E-state index is 12.7. The fourth-order valence-corrected chi connectivity index (χ4v) is 2.70. The Bertz CT molecular complexity index is 479. The molecule has 1 heterocycles. The minimum atomic E-state index is 0.102. The van der Waals surface area contributed by atoms with Gasteiger partial charge in [0.2, 0.25) is 0 Å². The van der Waals surface area contributed by atoms with Crippen molar-refractivity contribution in [2.24, 2.45) is 0 Å². The van der Waals surface area contributed by atoms with E-state index in [1.165, 1.54) is 12.8 Å². The molecule has 4 nitrogen and oxygen atoms in total. The third-order valence-electron chi connectivity index (χ3n) is 3.85. The lowest BCUT2D eigenvalue weighted by Gasteiger charge is -2.21. The van der Waals surface area contributed by atoms with Crippen LogP contribution in [-0.4, -0.2) is 37.1 Å². The zero-order valence-corrected chi connectivity index (χ0v) is 13.8. The summed E-state index contributed by atoms with van der Waals surface area (Å²) in [4.78, 5) is 14.6. The molecule has 0 aliphatic carbocycles. The number of rotatable bonds is 6. The van der Waals surface area contributed by atoms with Crippen LogP contribution in [0.1, 0.15) is 56.3 Å². The molecule has 1 aliphatic rings. The van der Waals surface area contributed by atoms with Crippen molar-refractivity contribution in [2.75, 3.05) is 26.3 Å². The zero-order chi connectivity index (χ0) is 15.8. The Hall–Kier alpha value is -1.71. The molecular weight excluding hydrogens is 278 g/mol. The Morgan fingerprint density at radius 1 is 1.05 bits per heavy atom. The Morgan fingerprint density at radius 3 is 2.41 bits per heavy atom. The summed E-state index contributed by atoms with van der Waals surface area (Å²) >= 11 is 0. The molecule has 0 bridgehead atoms. The first-order valence-corrected chi connectivity index (χ1v) is 8.45. The van der Waals surface area contributed by atoms with Crippen LogP contribution in [0.2, 0.25) is 0 Å². The van der Waals surface area contributed by atoms with Crippen LogP contribution in [-0.2, 0) is 0 Å². The molecule has 0 radical (unpaired) electrons. The first-order chi connectivity index (χ1) is 10.8. The molecule has 1 saturated heterocycles. The largest absolute Gasteiger partial charge is 0.490 e. The van der Waals surface area contributed by atoms with Crippen LogP contribution in [0.3, 0.4) is 0 Å². The standard InChI is InChI=1S/C18H27NO3/c1-3-13-22-16-10-9-15(14-17(16)21-4-2)18(20)19-11-7-5-6-8-12-19/h9-10,14H,3-8,11-13H2,1-2H3. The molecule has 0 N–H and O–H groups in total. The number of carbonyl (C=O) groups excluding carboxylic acids is 1. The number of nitrogens with zero attached hydrogens (tertiary/aromatic N) is 1. The second-order valence-electron chi connectivity index (χ2n) is 5.65. The summed E-state index contributed by atoms with van der Waals surface area (Å²) in [6.07, 6.45) is 5.58. The Kier molecular flexibility index (Phi) is 6.56. The molecule has 0 unspecified atom stereocenters. The molecule has 4 heteroatoms. The lowest BCUT2D eigenvalue weighted by molar-refractivity contribution is 0.0761. The van der Waals surface area contributed by atoms with Crippen LogP contribution >= 0.6 is 0 Å². The fourth-order valence-electron chi connectivity index (χ4n) is 2.70. The predicted molar refractivity (Wildman–Crippen MR) is 87.8 cm³/mol. The monoisotopic (exact) mass is 305 g/mol. The number of hydrogen-bond acceptors (Lipinski definition) is 3. The number of amides is 1. The van der Waals surface area contributed by atoms with Crippen molar-refractivity contribution in [3.05, 3.63) is 23.8 Å². The van der Waals surface area contributed by atoms with Gasteiger partial charge in [0.15, 0.2) is 11.5 Å². The predicted octanol–water partition coefficient (Wildman–Crippen LogP) is 3.89. The van der Waals surface area contributed by atoms with Gasteiger partial charge in [-0.3, -0.25) is 4.79 Å². The quantitative estimate of drug-likeness (QED) is 0.800. The topological polar surface area (TPSA) is 38.8 Å². The van der Waals surface area contributed by atoms with Gasteiger partial charge in [-0.2, -0.15) is 0 Å². The number of ether oxygens (including phenoxy) is 2. The lowest BCUT2D eigenvalue weighted by Crippen LogP contribution is -2.31. The van der Waals surface area contributed by atoms with Crippen LogP contribution in [0.25, 0.3) is 0 Å². The van der Waals surface area contributed by atoms with Crippen LogP contribution in [0.5, 0.6) is 11.5 Å². The van der Waals surface area contributed by atoms with Crippen molar-refractivity contribution < 1.29 is 14.3 Å². The minimum absolute atomic E-state index is 0.102. The van der Waals surface area contributed by atoms with Gasteiger partial charge < -0.3 is 14.4 Å². The Balaban J connectivity index is 2.15. The SMILES string of the molecule is CCCOc1ccc(C(=O)N2CCCCCC2)cc1OCC. The highest BCUT2D eigenvalue weighted by molar-refractivity contribution is 5.95. The number of benzene rings is 1. The first-order valence-electron chi connectivity index (χ1n) is 8.45. The van der Waals surface area contributed by atoms with E-state index in [9.17, 15) is 4.79 Å². The average Bonchev–Trinajstić information content (AvgIpc) is 2.82. The third kappa shape index (κ3) is 4.39. The minimum Gasteiger partial charge on any atom is -0.490 e. The van der Waals surface area contributed by atoms with E-state index in [0.717, 1.165) is 38.1 Å². The van der Waals surface area contributed by atoms with E-state index in [1.807, 2.05) is 30.0 Å². The molecular formula is C18H27NO3. The van der Waals surface area contributed by atoms with Crippen LogP contribution in [0.15, 0.2) is 18.2 Å². The van der Waals surface area contributed by atoms with Gasteiger partial charge in [0.1, 0.15) is 0 Å². The smallest absolute Gasteiger partial charge is 0.253 e. The van der Waals surface area contributed by atoms with Crippen molar-refractivity contribution >= 4 is 5.91 Å². The van der Waals surface area contributed by atoms with Gasteiger partial charge in [-0.1, -0.05) is 19.8 Å². The molecule has 0 atom stereocenters. The van der Waals surface area contributed by atoms with Gasteiger partial charge in [-0.05, 0) is 44.4 Å². The van der Waals surface area contributed by atoms with E-state index in [4.69, 9.17) is 9.47 Å². The second-order valence-corrected chi connectivity index (χ2v) is 5.65. The molecule has 1 amide bonds. The molecule has 0 saturated carbocycles. The lowest BCUT2D eigenvalue weighted by atomic mass is 10.1. The van der Waals surface area contributed by atoms with Gasteiger partial charge in [0, 0.05) is 18.7 Å². The Labute approximate surface area is 133 Å². The second kappa shape index (κ2) is 8.66. The van der Waals surface area contributed by atoms with Crippen LogP contribution in [0.4, 0.5) is 0 Å². The highest BCUT2D eigenvalue weighted by Crippen LogP contribution is 2.29. The summed E-state index contributed by atoms with van der Waals surface area (Å²) in [6, 6.07) is 5.52. The summed E-state index contributed by atoms with van der Waals surface area (Å²) in [5.41, 5.74) is 0.689. The van der Waals surface area contributed by atoms with Crippen molar-refractivity contribution in [3.8, 4) is 11.5 Å². The summed E-state index contributed by atoms with van der Waals surface area (Å²) in [5, 5.41) is 0. The third-order valence-corrected chi connectivity index (χ3v) is 3.85. The number of hydrogen-bond donors (Lipinski definition) is 0. The highest BCUT2D eigenvalue weighted by Gasteiger charge is 2.19. The molecule has 1 aliphatic heterocycles. The normalized spacial score (nSPS) is 15.3. The van der Waals surface area contributed by atoms with Crippen molar-refractivity contribution in [2.45, 2.75) is 46.0 Å². The molecule has 22 heavy (non-hydrogen) atoms. The summed E-state index contributed by atoms with van der Waals surface area (Å²) in [6.45, 7) is 6.93. The van der Waals surface area contributed by atoms with Gasteiger partial charge in [-0.15, -0.1) is 0 Å². The van der Waals surface area contributed by atoms with E-state index in [0.29, 0.717) is 24.5 Å². The summed E-state index contributed by atoms with van der Waals surface area (Å²) < 4.78 is 11.3. The van der Waals surface area contributed by atoms with E-state index in [2.05, 4.69) is 6.92 Å². The highest BCUT2D eigenvalue weighted by atomic mass is 16.5. The molecule has 1 aromatic carbocycles. The van der Waals surface area contributed by atoms with Crippen molar-refractivity contribution in [1.29, 1.82) is 0 Å². The molecule has 0 aromatic heterocycles. The van der Waals surface area contributed by atoms with Gasteiger partial charge in [0.25, 0.3) is 5.91 Å². The Morgan fingerprint density at radius 2 is 1.77 bits per heavy atom. The van der Waals surface area contributed by atoms with Crippen molar-refractivity contribution in [1.82, 2.24) is 4.90 Å². The summed E-state index contributed by atoms with van der Waals surface area (Å²) in [7, 11) is 0. The maximum Gasteiger partial charge on any atom is 0.253 e. The average molecular weight is 305 g/mol. The van der Waals surface area contributed by atoms with E-state index in [-0.39, 0.29) is 5.91 Å². The first kappa shape index (κ1) is 16.7. The van der Waals surface area contributed by atoms with E-state index in [1.54, 1.807) is 0 Å². The maximum atomic E-state index is 12.7. The molecule has 0 spiro atoms. The van der Waals surface area contributed by atoms with Crippen LogP contribution < -0.4 is 9.47 Å². The fraction of sp³-hybridized carbons (Fsp3) is 0.611. The zero-order valence-electron chi connectivity index (χ0n) is 13.8. The number of carbonyl (C=O) groups is 1. The van der Waals surface area contributed by atoms with Gasteiger partial charge >= 0.3 is 0 Å². The molecule has 122 valence electrons. The summed E-state index contributed by atoms with van der Waals surface area (Å²) in [5.74, 6) is 1.48. The van der Waals surface area contributed by atoms with Gasteiger partial charge in [-0.25, -0.2) is 0 Å². The van der Waals surface area contributed by atoms with Crippen molar-refractivity contribution in [3.63, 3.8) is 0 Å².